The summed E-state index contributed by atoms with van der Waals surface area (Å²) < 4.78 is 11.3. The number of piperidine rings is 1. The fourth-order valence-electron chi connectivity index (χ4n) is 4.05. The van der Waals surface area contributed by atoms with E-state index >= 15 is 0 Å². The molecule has 8 nitrogen and oxygen atoms in total. The number of aryl methyl sites for hydroxylation is 1. The van der Waals surface area contributed by atoms with Crippen LogP contribution in [0.25, 0.3) is 10.2 Å². The minimum absolute atomic E-state index is 0.304. The number of benzene rings is 1. The van der Waals surface area contributed by atoms with Gasteiger partial charge in [-0.3, -0.25) is 4.79 Å². The van der Waals surface area contributed by atoms with Crippen molar-refractivity contribution in [3.8, 4) is 11.5 Å². The number of aromatic nitrogens is 2. The Morgan fingerprint density at radius 2 is 2.00 bits per heavy atom. The van der Waals surface area contributed by atoms with E-state index in [1.54, 1.807) is 0 Å². The maximum absolute atomic E-state index is 11.3. The first-order valence-corrected chi connectivity index (χ1v) is 11.8. The predicted molar refractivity (Wildman–Crippen MR) is 124 cm³/mol. The highest BCUT2D eigenvalue weighted by Crippen LogP contribution is 2.39. The van der Waals surface area contributed by atoms with E-state index in [0.717, 1.165) is 32.2 Å². The first-order chi connectivity index (χ1) is 15.5. The molecule has 3 aromatic rings. The molecule has 10 heteroatoms. The molecule has 1 aromatic carbocycles. The number of hydrogen-bond donors (Lipinski definition) is 2. The summed E-state index contributed by atoms with van der Waals surface area (Å²) in [6.45, 7) is 4.84. The van der Waals surface area contributed by atoms with Gasteiger partial charge in [0.15, 0.2) is 11.5 Å². The van der Waals surface area contributed by atoms with E-state index in [2.05, 4.69) is 10.2 Å². The number of anilines is 2. The molecule has 4 heterocycles. The van der Waals surface area contributed by atoms with E-state index in [9.17, 15) is 9.90 Å². The van der Waals surface area contributed by atoms with Gasteiger partial charge in [-0.05, 0) is 37.5 Å². The summed E-state index contributed by atoms with van der Waals surface area (Å²) in [4.78, 5) is 24.7. The van der Waals surface area contributed by atoms with Crippen LogP contribution in [-0.2, 0) is 11.3 Å². The SMILES string of the molecule is Cc1sc2nc(N3CCC(C(=O)O)CC3)nc(NCc3ccc4c(c3)OCCO4)c2c1Cl. The largest absolute Gasteiger partial charge is 0.486 e. The minimum Gasteiger partial charge on any atom is -0.486 e. The van der Waals surface area contributed by atoms with Crippen molar-refractivity contribution < 1.29 is 19.4 Å². The van der Waals surface area contributed by atoms with Crippen molar-refractivity contribution in [2.75, 3.05) is 36.5 Å². The number of fused-ring (bicyclic) bond motifs is 2. The molecule has 5 rings (SSSR count). The summed E-state index contributed by atoms with van der Waals surface area (Å²) >= 11 is 8.13. The Hall–Kier alpha value is -2.78. The minimum atomic E-state index is -0.733. The van der Waals surface area contributed by atoms with Crippen molar-refractivity contribution in [3.05, 3.63) is 33.7 Å². The van der Waals surface area contributed by atoms with Gasteiger partial charge in [0.05, 0.1) is 16.3 Å². The van der Waals surface area contributed by atoms with Gasteiger partial charge in [-0.25, -0.2) is 4.98 Å². The predicted octanol–water partition coefficient (Wildman–Crippen LogP) is 4.34. The van der Waals surface area contributed by atoms with E-state index in [-0.39, 0.29) is 5.92 Å². The van der Waals surface area contributed by atoms with Crippen LogP contribution in [0.15, 0.2) is 18.2 Å². The number of hydrogen-bond acceptors (Lipinski definition) is 8. The molecule has 32 heavy (non-hydrogen) atoms. The third kappa shape index (κ3) is 4.02. The number of nitrogens with one attached hydrogen (secondary N) is 1. The fraction of sp³-hybridized carbons (Fsp3) is 0.409. The number of rotatable bonds is 5. The molecule has 0 radical (unpaired) electrons. The first kappa shape index (κ1) is 21.1. The molecule has 0 aliphatic carbocycles. The third-order valence-electron chi connectivity index (χ3n) is 5.84. The van der Waals surface area contributed by atoms with E-state index < -0.39 is 5.97 Å². The highest BCUT2D eigenvalue weighted by atomic mass is 35.5. The average Bonchev–Trinajstić information content (AvgIpc) is 3.10. The lowest BCUT2D eigenvalue weighted by molar-refractivity contribution is -0.142. The molecule has 168 valence electrons. The van der Waals surface area contributed by atoms with Crippen LogP contribution in [0, 0.1) is 12.8 Å². The number of ether oxygens (including phenoxy) is 2. The van der Waals surface area contributed by atoms with Gasteiger partial charge in [-0.2, -0.15) is 4.98 Å². The van der Waals surface area contributed by atoms with Crippen LogP contribution >= 0.6 is 22.9 Å². The zero-order chi connectivity index (χ0) is 22.2. The smallest absolute Gasteiger partial charge is 0.306 e. The third-order valence-corrected chi connectivity index (χ3v) is 7.42. The molecule has 1 saturated heterocycles. The zero-order valence-electron chi connectivity index (χ0n) is 17.6. The van der Waals surface area contributed by atoms with Gasteiger partial charge in [0, 0.05) is 24.5 Å². The van der Waals surface area contributed by atoms with Crippen molar-refractivity contribution in [1.82, 2.24) is 9.97 Å². The van der Waals surface area contributed by atoms with Gasteiger partial charge in [-0.1, -0.05) is 17.7 Å². The van der Waals surface area contributed by atoms with Crippen LogP contribution in [0.4, 0.5) is 11.8 Å². The lowest BCUT2D eigenvalue weighted by atomic mass is 9.97. The molecule has 0 unspecified atom stereocenters. The number of carbonyl (C=O) groups is 1. The molecule has 1 fully saturated rings. The second-order valence-corrected chi connectivity index (χ2v) is 9.54. The summed E-state index contributed by atoms with van der Waals surface area (Å²) in [5, 5.41) is 14.2. The molecule has 2 aromatic heterocycles. The Morgan fingerprint density at radius 3 is 2.75 bits per heavy atom. The Bertz CT molecular complexity index is 1180. The Balaban J connectivity index is 1.42. The molecule has 0 bridgehead atoms. The summed E-state index contributed by atoms with van der Waals surface area (Å²) in [6.07, 6.45) is 1.17. The van der Waals surface area contributed by atoms with Crippen LogP contribution in [-0.4, -0.2) is 47.3 Å². The monoisotopic (exact) mass is 474 g/mol. The number of aliphatic carboxylic acids is 1. The number of halogens is 1. The topological polar surface area (TPSA) is 96.8 Å². The molecular weight excluding hydrogens is 452 g/mol. The van der Waals surface area contributed by atoms with Crippen LogP contribution in [0.2, 0.25) is 5.02 Å². The van der Waals surface area contributed by atoms with Gasteiger partial charge in [0.2, 0.25) is 5.95 Å². The number of carboxylic acids is 1. The lowest BCUT2D eigenvalue weighted by Crippen LogP contribution is -2.37. The molecule has 0 atom stereocenters. The number of carboxylic acid groups (broad SMARTS) is 1. The zero-order valence-corrected chi connectivity index (χ0v) is 19.1. The second kappa shape index (κ2) is 8.63. The van der Waals surface area contributed by atoms with Crippen LogP contribution in [0.5, 0.6) is 11.5 Å². The van der Waals surface area contributed by atoms with Crippen LogP contribution < -0.4 is 19.7 Å². The maximum atomic E-state index is 11.3. The van der Waals surface area contributed by atoms with Crippen molar-refractivity contribution in [1.29, 1.82) is 0 Å². The Morgan fingerprint density at radius 1 is 1.25 bits per heavy atom. The lowest BCUT2D eigenvalue weighted by Gasteiger charge is -2.30. The van der Waals surface area contributed by atoms with Crippen LogP contribution in [0.1, 0.15) is 23.3 Å². The average molecular weight is 475 g/mol. The molecule has 2 aliphatic heterocycles. The van der Waals surface area contributed by atoms with Gasteiger partial charge in [0.1, 0.15) is 23.9 Å². The molecule has 0 amide bonds. The van der Waals surface area contributed by atoms with Gasteiger partial charge in [-0.15, -0.1) is 11.3 Å². The molecule has 0 spiro atoms. The van der Waals surface area contributed by atoms with Gasteiger partial charge < -0.3 is 24.8 Å². The summed E-state index contributed by atoms with van der Waals surface area (Å²) in [5.74, 6) is 1.74. The Labute approximate surface area is 194 Å². The van der Waals surface area contributed by atoms with Crippen molar-refractivity contribution in [2.45, 2.75) is 26.3 Å². The summed E-state index contributed by atoms with van der Waals surface area (Å²) in [6, 6.07) is 5.88. The summed E-state index contributed by atoms with van der Waals surface area (Å²) in [7, 11) is 0. The normalized spacial score (nSPS) is 16.4. The molecule has 0 saturated carbocycles. The molecule has 2 N–H and O–H groups in total. The van der Waals surface area contributed by atoms with Crippen molar-refractivity contribution >= 4 is 50.9 Å². The number of thiophene rings is 1. The molecule has 2 aliphatic rings. The van der Waals surface area contributed by atoms with Gasteiger partial charge in [0.25, 0.3) is 0 Å². The second-order valence-electron chi connectivity index (χ2n) is 7.96. The van der Waals surface area contributed by atoms with Crippen molar-refractivity contribution in [2.24, 2.45) is 5.92 Å². The fourth-order valence-corrected chi connectivity index (χ4v) is 5.31. The number of nitrogens with zero attached hydrogens (tertiary/aromatic N) is 3. The standard InChI is InChI=1S/C22H23ClN4O4S/c1-12-18(23)17-19(24-11-13-2-3-15-16(10-13)31-9-8-30-15)25-22(26-20(17)32-12)27-6-4-14(5-7-27)21(28)29/h2-3,10,14H,4-9,11H2,1H3,(H,28,29)(H,24,25,26). The Kier molecular flexibility index (Phi) is 5.69. The quantitative estimate of drug-likeness (QED) is 0.563. The van der Waals surface area contributed by atoms with Crippen LogP contribution in [0.3, 0.4) is 0 Å². The first-order valence-electron chi connectivity index (χ1n) is 10.6. The molecular formula is C22H23ClN4O4S. The highest BCUT2D eigenvalue weighted by molar-refractivity contribution is 7.19. The van der Waals surface area contributed by atoms with E-state index in [0.29, 0.717) is 62.5 Å². The van der Waals surface area contributed by atoms with E-state index in [1.165, 1.54) is 11.3 Å². The van der Waals surface area contributed by atoms with E-state index in [4.69, 9.17) is 31.0 Å². The highest BCUT2D eigenvalue weighted by Gasteiger charge is 2.27. The maximum Gasteiger partial charge on any atom is 0.306 e. The van der Waals surface area contributed by atoms with Crippen molar-refractivity contribution in [3.63, 3.8) is 0 Å². The summed E-state index contributed by atoms with van der Waals surface area (Å²) in [5.41, 5.74) is 1.04. The van der Waals surface area contributed by atoms with E-state index in [1.807, 2.05) is 25.1 Å². The van der Waals surface area contributed by atoms with Gasteiger partial charge >= 0.3 is 5.97 Å².